The van der Waals surface area contributed by atoms with E-state index in [1.807, 2.05) is 12.1 Å². The van der Waals surface area contributed by atoms with Crippen molar-refractivity contribution in [3.63, 3.8) is 0 Å². The molecular formula is C21H26N4O2. The average molecular weight is 366 g/mol. The zero-order valence-electron chi connectivity index (χ0n) is 16.2. The summed E-state index contributed by atoms with van der Waals surface area (Å²) in [4.78, 5) is 7.44. The first-order valence-electron chi connectivity index (χ1n) is 9.32. The SMILES string of the molecule is COc1ccc(-c2nc3cc(C)ccn3c2CN2CCNCC2)cc1OC. The van der Waals surface area contributed by atoms with Crippen LogP contribution in [0.15, 0.2) is 36.5 Å². The van der Waals surface area contributed by atoms with Gasteiger partial charge >= 0.3 is 0 Å². The Morgan fingerprint density at radius 2 is 1.81 bits per heavy atom. The quantitative estimate of drug-likeness (QED) is 0.752. The number of nitrogens with zero attached hydrogens (tertiary/aromatic N) is 3. The van der Waals surface area contributed by atoms with Crippen LogP contribution in [-0.4, -0.2) is 54.7 Å². The predicted octanol–water partition coefficient (Wildman–Crippen LogP) is 2.73. The van der Waals surface area contributed by atoms with Crippen molar-refractivity contribution in [1.82, 2.24) is 19.6 Å². The summed E-state index contributed by atoms with van der Waals surface area (Å²) in [6.45, 7) is 7.12. The first-order chi connectivity index (χ1) is 13.2. The molecule has 0 unspecified atom stereocenters. The fourth-order valence-electron chi connectivity index (χ4n) is 3.64. The highest BCUT2D eigenvalue weighted by molar-refractivity contribution is 5.69. The standard InChI is InChI=1S/C21H26N4O2/c1-15-6-9-25-17(14-24-10-7-22-8-11-24)21(23-20(25)12-15)16-4-5-18(26-2)19(13-16)27-3/h4-6,9,12-13,22H,7-8,10-11,14H2,1-3H3. The molecule has 2 aromatic heterocycles. The highest BCUT2D eigenvalue weighted by Crippen LogP contribution is 2.34. The summed E-state index contributed by atoms with van der Waals surface area (Å²) < 4.78 is 13.1. The third-order valence-electron chi connectivity index (χ3n) is 5.12. The number of imidazole rings is 1. The molecule has 4 rings (SSSR count). The third-order valence-corrected chi connectivity index (χ3v) is 5.12. The molecule has 1 N–H and O–H groups in total. The minimum Gasteiger partial charge on any atom is -0.493 e. The molecule has 6 heteroatoms. The van der Waals surface area contributed by atoms with E-state index < -0.39 is 0 Å². The molecule has 1 saturated heterocycles. The molecule has 0 spiro atoms. The largest absolute Gasteiger partial charge is 0.493 e. The number of pyridine rings is 1. The number of fused-ring (bicyclic) bond motifs is 1. The lowest BCUT2D eigenvalue weighted by Gasteiger charge is -2.27. The Hall–Kier alpha value is -2.57. The first kappa shape index (κ1) is 17.8. The Balaban J connectivity index is 1.82. The Morgan fingerprint density at radius 3 is 2.56 bits per heavy atom. The van der Waals surface area contributed by atoms with Crippen molar-refractivity contribution >= 4 is 5.65 Å². The van der Waals surface area contributed by atoms with Gasteiger partial charge in [-0.05, 0) is 42.8 Å². The second-order valence-electron chi connectivity index (χ2n) is 6.94. The molecule has 0 saturated carbocycles. The Bertz CT molecular complexity index is 945. The number of hydrogen-bond acceptors (Lipinski definition) is 5. The van der Waals surface area contributed by atoms with Gasteiger partial charge in [0.05, 0.1) is 25.6 Å². The van der Waals surface area contributed by atoms with Crippen LogP contribution >= 0.6 is 0 Å². The van der Waals surface area contributed by atoms with E-state index in [4.69, 9.17) is 14.5 Å². The minimum atomic E-state index is 0.719. The Kier molecular flexibility index (Phi) is 5.01. The van der Waals surface area contributed by atoms with Crippen molar-refractivity contribution in [3.05, 3.63) is 47.8 Å². The van der Waals surface area contributed by atoms with Gasteiger partial charge in [0.2, 0.25) is 0 Å². The van der Waals surface area contributed by atoms with Gasteiger partial charge in [-0.2, -0.15) is 0 Å². The maximum absolute atomic E-state index is 5.50. The molecule has 27 heavy (non-hydrogen) atoms. The van der Waals surface area contributed by atoms with E-state index in [1.54, 1.807) is 14.2 Å². The zero-order chi connectivity index (χ0) is 18.8. The number of aromatic nitrogens is 2. The summed E-state index contributed by atoms with van der Waals surface area (Å²) in [7, 11) is 3.32. The van der Waals surface area contributed by atoms with Crippen LogP contribution in [0.4, 0.5) is 0 Å². The van der Waals surface area contributed by atoms with Gasteiger partial charge < -0.3 is 19.2 Å². The molecule has 0 radical (unpaired) electrons. The summed E-state index contributed by atoms with van der Waals surface area (Å²) >= 11 is 0. The fraction of sp³-hybridized carbons (Fsp3) is 0.381. The summed E-state index contributed by atoms with van der Waals surface area (Å²) in [5.74, 6) is 1.45. The number of methoxy groups -OCH3 is 2. The van der Waals surface area contributed by atoms with E-state index in [2.05, 4.69) is 45.9 Å². The van der Waals surface area contributed by atoms with Crippen molar-refractivity contribution in [1.29, 1.82) is 0 Å². The van der Waals surface area contributed by atoms with Crippen LogP contribution in [0.1, 0.15) is 11.3 Å². The van der Waals surface area contributed by atoms with E-state index >= 15 is 0 Å². The van der Waals surface area contributed by atoms with Gasteiger partial charge in [0.1, 0.15) is 5.65 Å². The molecule has 3 heterocycles. The maximum Gasteiger partial charge on any atom is 0.161 e. The van der Waals surface area contributed by atoms with Gasteiger partial charge in [-0.25, -0.2) is 4.98 Å². The Morgan fingerprint density at radius 1 is 1.04 bits per heavy atom. The van der Waals surface area contributed by atoms with E-state index in [0.29, 0.717) is 0 Å². The first-order valence-corrected chi connectivity index (χ1v) is 9.32. The van der Waals surface area contributed by atoms with Crippen LogP contribution in [0, 0.1) is 6.92 Å². The number of benzene rings is 1. The molecule has 1 fully saturated rings. The number of aryl methyl sites for hydroxylation is 1. The van der Waals surface area contributed by atoms with Crippen molar-refractivity contribution in [2.75, 3.05) is 40.4 Å². The van der Waals surface area contributed by atoms with Crippen LogP contribution in [0.3, 0.4) is 0 Å². The predicted molar refractivity (Wildman–Crippen MR) is 107 cm³/mol. The molecule has 1 aromatic carbocycles. The van der Waals surface area contributed by atoms with E-state index in [0.717, 1.165) is 61.1 Å². The number of nitrogens with one attached hydrogen (secondary N) is 1. The summed E-state index contributed by atoms with van der Waals surface area (Å²) in [6, 6.07) is 10.3. The molecule has 6 nitrogen and oxygen atoms in total. The monoisotopic (exact) mass is 366 g/mol. The van der Waals surface area contributed by atoms with Gasteiger partial charge in [0.15, 0.2) is 11.5 Å². The van der Waals surface area contributed by atoms with Crippen molar-refractivity contribution in [3.8, 4) is 22.8 Å². The van der Waals surface area contributed by atoms with Crippen LogP contribution in [-0.2, 0) is 6.54 Å². The van der Waals surface area contributed by atoms with Crippen LogP contribution in [0.5, 0.6) is 11.5 Å². The molecule has 142 valence electrons. The highest BCUT2D eigenvalue weighted by Gasteiger charge is 2.19. The maximum atomic E-state index is 5.50. The van der Waals surface area contributed by atoms with E-state index in [-0.39, 0.29) is 0 Å². The van der Waals surface area contributed by atoms with Gasteiger partial charge in [0, 0.05) is 44.5 Å². The summed E-state index contributed by atoms with van der Waals surface area (Å²) in [6.07, 6.45) is 2.12. The van der Waals surface area contributed by atoms with Gasteiger partial charge in [-0.15, -0.1) is 0 Å². The summed E-state index contributed by atoms with van der Waals surface area (Å²) in [5.41, 5.74) is 5.43. The normalized spacial score (nSPS) is 15.2. The smallest absolute Gasteiger partial charge is 0.161 e. The second-order valence-corrected chi connectivity index (χ2v) is 6.94. The van der Waals surface area contributed by atoms with Gasteiger partial charge in [-0.3, -0.25) is 4.90 Å². The van der Waals surface area contributed by atoms with Crippen LogP contribution < -0.4 is 14.8 Å². The second kappa shape index (κ2) is 7.58. The average Bonchev–Trinajstić information content (AvgIpc) is 3.05. The molecule has 1 aliphatic heterocycles. The van der Waals surface area contributed by atoms with Crippen molar-refractivity contribution in [2.45, 2.75) is 13.5 Å². The van der Waals surface area contributed by atoms with E-state index in [1.165, 1.54) is 11.3 Å². The highest BCUT2D eigenvalue weighted by atomic mass is 16.5. The van der Waals surface area contributed by atoms with Gasteiger partial charge in [-0.1, -0.05) is 0 Å². The molecule has 0 amide bonds. The van der Waals surface area contributed by atoms with Crippen LogP contribution in [0.25, 0.3) is 16.9 Å². The van der Waals surface area contributed by atoms with Crippen LogP contribution in [0.2, 0.25) is 0 Å². The van der Waals surface area contributed by atoms with Crippen molar-refractivity contribution < 1.29 is 9.47 Å². The third kappa shape index (κ3) is 3.50. The fourth-order valence-corrected chi connectivity index (χ4v) is 3.64. The minimum absolute atomic E-state index is 0.719. The number of rotatable bonds is 5. The molecule has 0 aliphatic carbocycles. The lowest BCUT2D eigenvalue weighted by molar-refractivity contribution is 0.230. The summed E-state index contributed by atoms with van der Waals surface area (Å²) in [5, 5.41) is 3.42. The molecular weight excluding hydrogens is 340 g/mol. The molecule has 0 atom stereocenters. The van der Waals surface area contributed by atoms with Gasteiger partial charge in [0.25, 0.3) is 0 Å². The van der Waals surface area contributed by atoms with E-state index in [9.17, 15) is 0 Å². The zero-order valence-corrected chi connectivity index (χ0v) is 16.2. The topological polar surface area (TPSA) is 51.0 Å². The lowest BCUT2D eigenvalue weighted by Crippen LogP contribution is -2.43. The number of ether oxygens (including phenoxy) is 2. The molecule has 3 aromatic rings. The van der Waals surface area contributed by atoms with Crippen molar-refractivity contribution in [2.24, 2.45) is 0 Å². The molecule has 1 aliphatic rings. The number of hydrogen-bond donors (Lipinski definition) is 1. The molecule has 0 bridgehead atoms. The number of piperazine rings is 1. The lowest BCUT2D eigenvalue weighted by atomic mass is 10.1. The Labute approximate surface area is 159 Å².